The summed E-state index contributed by atoms with van der Waals surface area (Å²) in [6.45, 7) is 3.60. The number of benzene rings is 2. The first kappa shape index (κ1) is 18.1. The Morgan fingerprint density at radius 2 is 1.83 bits per heavy atom. The van der Waals surface area contributed by atoms with Gasteiger partial charge < -0.3 is 5.32 Å². The van der Waals surface area contributed by atoms with Crippen LogP contribution in [0.4, 0.5) is 4.39 Å². The Kier molecular flexibility index (Phi) is 5.72. The normalized spacial score (nSPS) is 12.6. The molecule has 2 aromatic carbocycles. The minimum atomic E-state index is -3.56. The smallest absolute Gasteiger partial charge is 0.235 e. The number of carbonyl (C=O) groups excluding carboxylic acids is 1. The zero-order chi connectivity index (χ0) is 17.7. The topological polar surface area (TPSA) is 63.2 Å². The van der Waals surface area contributed by atoms with E-state index in [-0.39, 0.29) is 11.6 Å². The summed E-state index contributed by atoms with van der Waals surface area (Å²) in [7, 11) is -3.56. The fourth-order valence-corrected chi connectivity index (χ4v) is 3.70. The molecule has 2 rings (SSSR count). The van der Waals surface area contributed by atoms with Gasteiger partial charge in [-0.25, -0.2) is 12.8 Å². The SMILES string of the molecule is Cc1cccc(CS(=O)(=O)CC(=O)NC(C)c2ccc(F)cc2)c1. The molecule has 2 aromatic rings. The molecular weight excluding hydrogens is 329 g/mol. The van der Waals surface area contributed by atoms with E-state index < -0.39 is 27.5 Å². The lowest BCUT2D eigenvalue weighted by Crippen LogP contribution is -2.32. The van der Waals surface area contributed by atoms with Crippen LogP contribution in [-0.4, -0.2) is 20.1 Å². The van der Waals surface area contributed by atoms with Gasteiger partial charge in [-0.1, -0.05) is 42.0 Å². The molecule has 0 bridgehead atoms. The summed E-state index contributed by atoms with van der Waals surface area (Å²) in [5.74, 6) is -1.68. The summed E-state index contributed by atoms with van der Waals surface area (Å²) in [6.07, 6.45) is 0. The molecule has 0 saturated carbocycles. The van der Waals surface area contributed by atoms with Crippen LogP contribution in [-0.2, 0) is 20.4 Å². The average molecular weight is 349 g/mol. The van der Waals surface area contributed by atoms with Crippen molar-refractivity contribution in [2.75, 3.05) is 5.75 Å². The number of aryl methyl sites for hydroxylation is 1. The molecule has 0 aliphatic carbocycles. The molecule has 0 fully saturated rings. The van der Waals surface area contributed by atoms with Crippen LogP contribution in [0.15, 0.2) is 48.5 Å². The standard InChI is InChI=1S/C18H20FNO3S/c1-13-4-3-5-15(10-13)11-24(22,23)12-18(21)20-14(2)16-6-8-17(19)9-7-16/h3-10,14H,11-12H2,1-2H3,(H,20,21). The number of rotatable bonds is 6. The highest BCUT2D eigenvalue weighted by Gasteiger charge is 2.19. The van der Waals surface area contributed by atoms with Gasteiger partial charge in [0.05, 0.1) is 11.8 Å². The van der Waals surface area contributed by atoms with Crippen molar-refractivity contribution < 1.29 is 17.6 Å². The van der Waals surface area contributed by atoms with Gasteiger partial charge in [-0.15, -0.1) is 0 Å². The predicted octanol–water partition coefficient (Wildman–Crippen LogP) is 2.93. The molecule has 1 amide bonds. The highest BCUT2D eigenvalue weighted by atomic mass is 32.2. The first-order valence-electron chi connectivity index (χ1n) is 7.56. The van der Waals surface area contributed by atoms with Crippen LogP contribution in [0.25, 0.3) is 0 Å². The summed E-state index contributed by atoms with van der Waals surface area (Å²) in [5, 5.41) is 2.63. The second kappa shape index (κ2) is 7.57. The van der Waals surface area contributed by atoms with Gasteiger partial charge in [0.1, 0.15) is 11.6 Å². The second-order valence-electron chi connectivity index (χ2n) is 5.86. The van der Waals surface area contributed by atoms with Crippen LogP contribution in [0.1, 0.15) is 29.7 Å². The van der Waals surface area contributed by atoms with Crippen molar-refractivity contribution in [2.45, 2.75) is 25.6 Å². The van der Waals surface area contributed by atoms with Gasteiger partial charge in [-0.05, 0) is 37.1 Å². The zero-order valence-electron chi connectivity index (χ0n) is 13.6. The fraction of sp³-hybridized carbons (Fsp3) is 0.278. The maximum atomic E-state index is 12.9. The van der Waals surface area contributed by atoms with E-state index in [2.05, 4.69) is 5.32 Å². The maximum absolute atomic E-state index is 12.9. The Balaban J connectivity index is 1.96. The molecule has 0 spiro atoms. The Morgan fingerprint density at radius 1 is 1.17 bits per heavy atom. The third-order valence-electron chi connectivity index (χ3n) is 3.57. The number of halogens is 1. The van der Waals surface area contributed by atoms with Gasteiger partial charge >= 0.3 is 0 Å². The number of amides is 1. The van der Waals surface area contributed by atoms with Crippen LogP contribution < -0.4 is 5.32 Å². The summed E-state index contributed by atoms with van der Waals surface area (Å²) in [4.78, 5) is 12.0. The molecule has 0 saturated heterocycles. The van der Waals surface area contributed by atoms with Crippen molar-refractivity contribution in [3.05, 3.63) is 71.0 Å². The molecule has 4 nitrogen and oxygen atoms in total. The fourth-order valence-electron chi connectivity index (χ4n) is 2.42. The number of nitrogens with one attached hydrogen (secondary N) is 1. The van der Waals surface area contributed by atoms with E-state index in [9.17, 15) is 17.6 Å². The van der Waals surface area contributed by atoms with E-state index in [1.54, 1.807) is 37.3 Å². The largest absolute Gasteiger partial charge is 0.349 e. The van der Waals surface area contributed by atoms with Crippen molar-refractivity contribution in [3.8, 4) is 0 Å². The Morgan fingerprint density at radius 3 is 2.46 bits per heavy atom. The van der Waals surface area contributed by atoms with Gasteiger partial charge in [0.15, 0.2) is 9.84 Å². The number of sulfone groups is 1. The van der Waals surface area contributed by atoms with Gasteiger partial charge in [0.25, 0.3) is 0 Å². The summed E-state index contributed by atoms with van der Waals surface area (Å²) in [6, 6.07) is 12.5. The monoisotopic (exact) mass is 349 g/mol. The van der Waals surface area contributed by atoms with Crippen LogP contribution in [0.5, 0.6) is 0 Å². The molecule has 0 aliphatic heterocycles. The summed E-state index contributed by atoms with van der Waals surface area (Å²) in [5.41, 5.74) is 2.34. The van der Waals surface area contributed by atoms with E-state index in [1.165, 1.54) is 12.1 Å². The van der Waals surface area contributed by atoms with Crippen LogP contribution >= 0.6 is 0 Å². The highest BCUT2D eigenvalue weighted by Crippen LogP contribution is 2.13. The molecule has 6 heteroatoms. The lowest BCUT2D eigenvalue weighted by molar-refractivity contribution is -0.119. The van der Waals surface area contributed by atoms with E-state index in [1.807, 2.05) is 13.0 Å². The average Bonchev–Trinajstić information content (AvgIpc) is 2.46. The molecular formula is C18H20FNO3S. The molecule has 128 valence electrons. The summed E-state index contributed by atoms with van der Waals surface area (Å²) >= 11 is 0. The number of carbonyl (C=O) groups is 1. The van der Waals surface area contributed by atoms with Crippen molar-refractivity contribution >= 4 is 15.7 Å². The van der Waals surface area contributed by atoms with Crippen molar-refractivity contribution in [2.24, 2.45) is 0 Å². The first-order chi connectivity index (χ1) is 11.2. The van der Waals surface area contributed by atoms with Crippen molar-refractivity contribution in [1.29, 1.82) is 0 Å². The molecule has 1 N–H and O–H groups in total. The van der Waals surface area contributed by atoms with Crippen LogP contribution in [0.2, 0.25) is 0 Å². The summed E-state index contributed by atoms with van der Waals surface area (Å²) < 4.78 is 37.3. The second-order valence-corrected chi connectivity index (χ2v) is 7.93. The molecule has 1 atom stereocenters. The van der Waals surface area contributed by atoms with E-state index in [0.29, 0.717) is 11.1 Å². The van der Waals surface area contributed by atoms with Crippen LogP contribution in [0, 0.1) is 12.7 Å². The zero-order valence-corrected chi connectivity index (χ0v) is 14.4. The Hall–Kier alpha value is -2.21. The van der Waals surface area contributed by atoms with E-state index in [4.69, 9.17) is 0 Å². The molecule has 0 aromatic heterocycles. The molecule has 0 aliphatic rings. The van der Waals surface area contributed by atoms with Crippen molar-refractivity contribution in [3.63, 3.8) is 0 Å². The first-order valence-corrected chi connectivity index (χ1v) is 9.38. The molecule has 1 unspecified atom stereocenters. The quantitative estimate of drug-likeness (QED) is 0.872. The number of hydrogen-bond donors (Lipinski definition) is 1. The van der Waals surface area contributed by atoms with Gasteiger partial charge in [0, 0.05) is 0 Å². The Bertz CT molecular complexity index is 816. The van der Waals surface area contributed by atoms with Gasteiger partial charge in [0.2, 0.25) is 5.91 Å². The third-order valence-corrected chi connectivity index (χ3v) is 5.04. The predicted molar refractivity (Wildman–Crippen MR) is 91.6 cm³/mol. The highest BCUT2D eigenvalue weighted by molar-refractivity contribution is 7.91. The van der Waals surface area contributed by atoms with Crippen molar-refractivity contribution in [1.82, 2.24) is 5.32 Å². The minimum Gasteiger partial charge on any atom is -0.349 e. The van der Waals surface area contributed by atoms with Crippen LogP contribution in [0.3, 0.4) is 0 Å². The van der Waals surface area contributed by atoms with Gasteiger partial charge in [-0.2, -0.15) is 0 Å². The molecule has 0 radical (unpaired) electrons. The third kappa shape index (κ3) is 5.45. The molecule has 0 heterocycles. The van der Waals surface area contributed by atoms with E-state index in [0.717, 1.165) is 5.56 Å². The van der Waals surface area contributed by atoms with E-state index >= 15 is 0 Å². The maximum Gasteiger partial charge on any atom is 0.235 e. The Labute approximate surface area is 141 Å². The molecule has 24 heavy (non-hydrogen) atoms. The number of hydrogen-bond acceptors (Lipinski definition) is 3. The van der Waals surface area contributed by atoms with Gasteiger partial charge in [-0.3, -0.25) is 4.79 Å². The lowest BCUT2D eigenvalue weighted by atomic mass is 10.1. The lowest BCUT2D eigenvalue weighted by Gasteiger charge is -2.14. The minimum absolute atomic E-state index is 0.174.